The van der Waals surface area contributed by atoms with Crippen LogP contribution in [0.25, 0.3) is 0 Å². The van der Waals surface area contributed by atoms with Gasteiger partial charge in [0.15, 0.2) is 6.61 Å². The van der Waals surface area contributed by atoms with Crippen molar-refractivity contribution in [3.05, 3.63) is 53.6 Å². The fraction of sp³-hybridized carbons (Fsp3) is 0.435. The Morgan fingerprint density at radius 3 is 2.61 bits per heavy atom. The lowest BCUT2D eigenvalue weighted by atomic mass is 10.1. The summed E-state index contributed by atoms with van der Waals surface area (Å²) in [6.07, 6.45) is 2.59. The Morgan fingerprint density at radius 1 is 1.13 bits per heavy atom. The second-order valence-electron chi connectivity index (χ2n) is 8.32. The Labute approximate surface area is 184 Å². The SMILES string of the molecule is Cc1cc(S(=O)(=O)N2CCc3ccccc32)ccc1OCC(=O)NC1CCN(C)CC1. The minimum atomic E-state index is -3.65. The minimum Gasteiger partial charge on any atom is -0.484 e. The molecule has 0 aliphatic carbocycles. The summed E-state index contributed by atoms with van der Waals surface area (Å²) in [5, 5.41) is 3.02. The van der Waals surface area contributed by atoms with Crippen LogP contribution in [0.3, 0.4) is 0 Å². The highest BCUT2D eigenvalue weighted by Gasteiger charge is 2.31. The minimum absolute atomic E-state index is 0.0845. The first-order valence-electron chi connectivity index (χ1n) is 10.7. The summed E-state index contributed by atoms with van der Waals surface area (Å²) in [5.74, 6) is 0.360. The molecule has 0 spiro atoms. The Kier molecular flexibility index (Phi) is 6.20. The molecule has 0 saturated carbocycles. The molecule has 2 aliphatic rings. The molecular formula is C23H29N3O4S. The van der Waals surface area contributed by atoms with Crippen LogP contribution in [0.15, 0.2) is 47.4 Å². The van der Waals surface area contributed by atoms with Crippen LogP contribution >= 0.6 is 0 Å². The van der Waals surface area contributed by atoms with Crippen LogP contribution in [0.5, 0.6) is 5.75 Å². The lowest BCUT2D eigenvalue weighted by Crippen LogP contribution is -2.44. The number of amides is 1. The number of anilines is 1. The number of ether oxygens (including phenoxy) is 1. The maximum atomic E-state index is 13.2. The zero-order valence-electron chi connectivity index (χ0n) is 18.0. The van der Waals surface area contributed by atoms with Crippen molar-refractivity contribution >= 4 is 21.6 Å². The third-order valence-corrected chi connectivity index (χ3v) is 7.83. The molecule has 0 bridgehead atoms. The normalized spacial score (nSPS) is 17.4. The Hall–Kier alpha value is -2.58. The number of carbonyl (C=O) groups excluding carboxylic acids is 1. The standard InChI is InChI=1S/C23H29N3O4S/c1-17-15-20(31(28,29)26-14-9-18-5-3-4-6-21(18)26)7-8-22(17)30-16-23(27)24-19-10-12-25(2)13-11-19/h3-8,15,19H,9-14,16H2,1-2H3,(H,24,27). The number of hydrogen-bond donors (Lipinski definition) is 1. The monoisotopic (exact) mass is 443 g/mol. The number of piperidine rings is 1. The van der Waals surface area contributed by atoms with Crippen molar-refractivity contribution in [2.45, 2.75) is 37.1 Å². The van der Waals surface area contributed by atoms with Gasteiger partial charge in [-0.05, 0) is 81.7 Å². The second-order valence-corrected chi connectivity index (χ2v) is 10.2. The molecule has 7 nitrogen and oxygen atoms in total. The number of sulfonamides is 1. The predicted molar refractivity (Wildman–Crippen MR) is 120 cm³/mol. The Balaban J connectivity index is 1.40. The van der Waals surface area contributed by atoms with E-state index in [1.807, 2.05) is 24.3 Å². The topological polar surface area (TPSA) is 78.9 Å². The first-order valence-corrected chi connectivity index (χ1v) is 12.1. The molecule has 4 rings (SSSR count). The van der Waals surface area contributed by atoms with Crippen molar-refractivity contribution in [3.63, 3.8) is 0 Å². The fourth-order valence-electron chi connectivity index (χ4n) is 4.19. The van der Waals surface area contributed by atoms with E-state index in [-0.39, 0.29) is 23.5 Å². The highest BCUT2D eigenvalue weighted by molar-refractivity contribution is 7.92. The van der Waals surface area contributed by atoms with Gasteiger partial charge in [-0.25, -0.2) is 8.42 Å². The van der Waals surface area contributed by atoms with E-state index in [2.05, 4.69) is 17.3 Å². The number of benzene rings is 2. The summed E-state index contributed by atoms with van der Waals surface area (Å²) in [6, 6.07) is 12.6. The molecule has 0 radical (unpaired) electrons. The third-order valence-electron chi connectivity index (χ3n) is 6.02. The van der Waals surface area contributed by atoms with Crippen molar-refractivity contribution in [2.24, 2.45) is 0 Å². The van der Waals surface area contributed by atoms with Crippen LogP contribution < -0.4 is 14.4 Å². The van der Waals surface area contributed by atoms with E-state index < -0.39 is 10.0 Å². The first kappa shape index (κ1) is 21.6. The van der Waals surface area contributed by atoms with Crippen molar-refractivity contribution in [2.75, 3.05) is 37.6 Å². The molecule has 31 heavy (non-hydrogen) atoms. The molecular weight excluding hydrogens is 414 g/mol. The molecule has 2 aromatic rings. The van der Waals surface area contributed by atoms with Crippen LogP contribution in [0.4, 0.5) is 5.69 Å². The van der Waals surface area contributed by atoms with Crippen LogP contribution in [-0.2, 0) is 21.2 Å². The smallest absolute Gasteiger partial charge is 0.264 e. The van der Waals surface area contributed by atoms with Gasteiger partial charge in [0.25, 0.3) is 15.9 Å². The van der Waals surface area contributed by atoms with Gasteiger partial charge in [0, 0.05) is 12.6 Å². The third kappa shape index (κ3) is 4.70. The van der Waals surface area contributed by atoms with Gasteiger partial charge in [0.2, 0.25) is 0 Å². The molecule has 0 aromatic heterocycles. The van der Waals surface area contributed by atoms with Gasteiger partial charge in [-0.1, -0.05) is 18.2 Å². The van der Waals surface area contributed by atoms with E-state index in [1.54, 1.807) is 25.1 Å². The number of para-hydroxylation sites is 1. The van der Waals surface area contributed by atoms with Gasteiger partial charge in [-0.2, -0.15) is 0 Å². The average molecular weight is 444 g/mol. The Morgan fingerprint density at radius 2 is 1.87 bits per heavy atom. The number of carbonyl (C=O) groups is 1. The summed E-state index contributed by atoms with van der Waals surface area (Å²) >= 11 is 0. The molecule has 2 heterocycles. The summed E-state index contributed by atoms with van der Waals surface area (Å²) in [6.45, 7) is 4.10. The molecule has 0 unspecified atom stereocenters. The molecule has 1 amide bonds. The van der Waals surface area contributed by atoms with Crippen molar-refractivity contribution in [1.82, 2.24) is 10.2 Å². The summed E-state index contributed by atoms with van der Waals surface area (Å²) in [4.78, 5) is 14.7. The number of nitrogens with zero attached hydrogens (tertiary/aromatic N) is 2. The number of likely N-dealkylation sites (tertiary alicyclic amines) is 1. The lowest BCUT2D eigenvalue weighted by Gasteiger charge is -2.29. The number of rotatable bonds is 6. The second kappa shape index (κ2) is 8.88. The number of fused-ring (bicyclic) bond motifs is 1. The van der Waals surface area contributed by atoms with Gasteiger partial charge in [0.05, 0.1) is 10.6 Å². The zero-order chi connectivity index (χ0) is 22.0. The predicted octanol–water partition coefficient (Wildman–Crippen LogP) is 2.34. The van der Waals surface area contributed by atoms with E-state index in [1.165, 1.54) is 4.31 Å². The van der Waals surface area contributed by atoms with Gasteiger partial charge >= 0.3 is 0 Å². The van der Waals surface area contributed by atoms with Crippen molar-refractivity contribution in [3.8, 4) is 5.75 Å². The number of nitrogens with one attached hydrogen (secondary N) is 1. The van der Waals surface area contributed by atoms with Crippen LogP contribution in [0.1, 0.15) is 24.0 Å². The highest BCUT2D eigenvalue weighted by atomic mass is 32.2. The molecule has 2 aromatic carbocycles. The van der Waals surface area contributed by atoms with Gasteiger partial charge in [-0.3, -0.25) is 9.10 Å². The molecule has 1 fully saturated rings. The molecule has 1 saturated heterocycles. The summed E-state index contributed by atoms with van der Waals surface area (Å²) in [5.41, 5.74) is 2.46. The van der Waals surface area contributed by atoms with Gasteiger partial charge in [-0.15, -0.1) is 0 Å². The first-order chi connectivity index (χ1) is 14.8. The molecule has 166 valence electrons. The Bertz CT molecular complexity index is 1060. The maximum absolute atomic E-state index is 13.2. The fourth-order valence-corrected chi connectivity index (χ4v) is 5.78. The van der Waals surface area contributed by atoms with E-state index in [4.69, 9.17) is 4.74 Å². The molecule has 8 heteroatoms. The quantitative estimate of drug-likeness (QED) is 0.741. The maximum Gasteiger partial charge on any atom is 0.264 e. The highest BCUT2D eigenvalue weighted by Crippen LogP contribution is 2.33. The van der Waals surface area contributed by atoms with Gasteiger partial charge in [0.1, 0.15) is 5.75 Å². The molecule has 0 atom stereocenters. The largest absolute Gasteiger partial charge is 0.484 e. The van der Waals surface area contributed by atoms with Crippen molar-refractivity contribution < 1.29 is 17.9 Å². The van der Waals surface area contributed by atoms with Gasteiger partial charge < -0.3 is 15.0 Å². The zero-order valence-corrected chi connectivity index (χ0v) is 18.8. The summed E-state index contributed by atoms with van der Waals surface area (Å²) in [7, 11) is -1.57. The van der Waals surface area contributed by atoms with E-state index in [9.17, 15) is 13.2 Å². The van der Waals surface area contributed by atoms with Crippen LogP contribution in [0.2, 0.25) is 0 Å². The molecule has 1 N–H and O–H groups in total. The van der Waals surface area contributed by atoms with E-state index in [0.717, 1.165) is 37.2 Å². The van der Waals surface area contributed by atoms with E-state index in [0.29, 0.717) is 24.3 Å². The summed E-state index contributed by atoms with van der Waals surface area (Å²) < 4.78 is 33.5. The van der Waals surface area contributed by atoms with Crippen LogP contribution in [-0.4, -0.2) is 58.6 Å². The number of hydrogen-bond acceptors (Lipinski definition) is 5. The van der Waals surface area contributed by atoms with E-state index >= 15 is 0 Å². The van der Waals surface area contributed by atoms with Crippen LogP contribution in [0, 0.1) is 6.92 Å². The molecule has 2 aliphatic heterocycles. The average Bonchev–Trinajstić information content (AvgIpc) is 3.19. The number of aryl methyl sites for hydroxylation is 1. The van der Waals surface area contributed by atoms with Crippen molar-refractivity contribution in [1.29, 1.82) is 0 Å². The lowest BCUT2D eigenvalue weighted by molar-refractivity contribution is -0.124.